The van der Waals surface area contributed by atoms with Gasteiger partial charge in [-0.3, -0.25) is 9.59 Å². The van der Waals surface area contributed by atoms with E-state index in [-0.39, 0.29) is 17.9 Å². The standard InChI is InChI=1S/C17H21FN2O2/c1-11(2)20-14(17(16(20)22)8-3-4-9-17)15(21)19-13-7-5-6-12(18)10-13/h5-7,10-11,14H,3-4,8-9H2,1-2H3,(H,19,21). The van der Waals surface area contributed by atoms with Crippen molar-refractivity contribution in [2.45, 2.75) is 51.6 Å². The number of carbonyl (C=O) groups is 2. The molecule has 22 heavy (non-hydrogen) atoms. The third-order valence-electron chi connectivity index (χ3n) is 4.85. The molecule has 1 heterocycles. The zero-order valence-electron chi connectivity index (χ0n) is 12.9. The van der Waals surface area contributed by atoms with Crippen molar-refractivity contribution in [1.82, 2.24) is 4.90 Å². The van der Waals surface area contributed by atoms with E-state index in [1.165, 1.54) is 12.1 Å². The smallest absolute Gasteiger partial charge is 0.248 e. The summed E-state index contributed by atoms with van der Waals surface area (Å²) in [6.45, 7) is 3.84. The average Bonchev–Trinajstić information content (AvgIpc) is 2.95. The van der Waals surface area contributed by atoms with Crippen LogP contribution in [0.3, 0.4) is 0 Å². The van der Waals surface area contributed by atoms with Gasteiger partial charge in [0.15, 0.2) is 0 Å². The molecule has 0 aromatic heterocycles. The van der Waals surface area contributed by atoms with E-state index in [4.69, 9.17) is 0 Å². The van der Waals surface area contributed by atoms with Crippen LogP contribution in [0.1, 0.15) is 39.5 Å². The molecule has 1 N–H and O–H groups in total. The molecule has 1 aliphatic carbocycles. The van der Waals surface area contributed by atoms with Crippen LogP contribution in [0.15, 0.2) is 24.3 Å². The highest BCUT2D eigenvalue weighted by Crippen LogP contribution is 2.52. The fourth-order valence-corrected chi connectivity index (χ4v) is 3.87. The van der Waals surface area contributed by atoms with E-state index in [9.17, 15) is 14.0 Å². The van der Waals surface area contributed by atoms with Crippen molar-refractivity contribution in [3.05, 3.63) is 30.1 Å². The molecule has 4 nitrogen and oxygen atoms in total. The minimum absolute atomic E-state index is 0.0121. The maximum atomic E-state index is 13.3. The highest BCUT2D eigenvalue weighted by atomic mass is 19.1. The van der Waals surface area contributed by atoms with Crippen molar-refractivity contribution in [3.8, 4) is 0 Å². The molecule has 1 saturated carbocycles. The molecule has 3 rings (SSSR count). The van der Waals surface area contributed by atoms with Gasteiger partial charge in [0.25, 0.3) is 0 Å². The molecule has 1 saturated heterocycles. The third-order valence-corrected chi connectivity index (χ3v) is 4.85. The van der Waals surface area contributed by atoms with Gasteiger partial charge in [-0.15, -0.1) is 0 Å². The second-order valence-electron chi connectivity index (χ2n) is 6.57. The fourth-order valence-electron chi connectivity index (χ4n) is 3.87. The summed E-state index contributed by atoms with van der Waals surface area (Å²) >= 11 is 0. The van der Waals surface area contributed by atoms with Crippen molar-refractivity contribution in [3.63, 3.8) is 0 Å². The van der Waals surface area contributed by atoms with Crippen LogP contribution in [0, 0.1) is 11.2 Å². The Bertz CT molecular complexity index is 608. The number of hydrogen-bond acceptors (Lipinski definition) is 2. The van der Waals surface area contributed by atoms with Crippen molar-refractivity contribution in [2.24, 2.45) is 5.41 Å². The fraction of sp³-hybridized carbons (Fsp3) is 0.529. The Hall–Kier alpha value is -1.91. The molecule has 2 amide bonds. The van der Waals surface area contributed by atoms with Gasteiger partial charge in [-0.05, 0) is 44.9 Å². The molecule has 1 aliphatic heterocycles. The van der Waals surface area contributed by atoms with Gasteiger partial charge < -0.3 is 10.2 Å². The Morgan fingerprint density at radius 3 is 2.64 bits per heavy atom. The Balaban J connectivity index is 1.83. The molecule has 1 aromatic rings. The van der Waals surface area contributed by atoms with Gasteiger partial charge >= 0.3 is 0 Å². The molecule has 0 radical (unpaired) electrons. The molecule has 1 aromatic carbocycles. The molecule has 1 spiro atoms. The summed E-state index contributed by atoms with van der Waals surface area (Å²) in [6.07, 6.45) is 3.52. The zero-order chi connectivity index (χ0) is 15.9. The summed E-state index contributed by atoms with van der Waals surface area (Å²) in [6, 6.07) is 5.39. The number of hydrogen-bond donors (Lipinski definition) is 1. The Labute approximate surface area is 129 Å². The summed E-state index contributed by atoms with van der Waals surface area (Å²) in [5, 5.41) is 2.77. The monoisotopic (exact) mass is 304 g/mol. The van der Waals surface area contributed by atoms with Gasteiger partial charge in [-0.25, -0.2) is 4.39 Å². The predicted molar refractivity (Wildman–Crippen MR) is 81.7 cm³/mol. The van der Waals surface area contributed by atoms with Crippen LogP contribution in [0.25, 0.3) is 0 Å². The van der Waals surface area contributed by atoms with E-state index in [0.717, 1.165) is 25.7 Å². The van der Waals surface area contributed by atoms with Crippen LogP contribution in [0.2, 0.25) is 0 Å². The first-order valence-electron chi connectivity index (χ1n) is 7.85. The molecule has 1 unspecified atom stereocenters. The Morgan fingerprint density at radius 1 is 1.36 bits per heavy atom. The number of β-lactam (4-membered cyclic amide) rings is 1. The lowest BCUT2D eigenvalue weighted by Gasteiger charge is -2.55. The van der Waals surface area contributed by atoms with E-state index in [0.29, 0.717) is 5.69 Å². The quantitative estimate of drug-likeness (QED) is 0.873. The number of anilines is 1. The molecular formula is C17H21FN2O2. The maximum absolute atomic E-state index is 13.3. The van der Waals surface area contributed by atoms with Gasteiger partial charge in [0.1, 0.15) is 11.9 Å². The van der Waals surface area contributed by atoms with Gasteiger partial charge in [-0.2, -0.15) is 0 Å². The number of nitrogens with one attached hydrogen (secondary N) is 1. The van der Waals surface area contributed by atoms with E-state index < -0.39 is 17.3 Å². The van der Waals surface area contributed by atoms with Crippen molar-refractivity contribution in [2.75, 3.05) is 5.32 Å². The third kappa shape index (κ3) is 2.19. The van der Waals surface area contributed by atoms with Gasteiger partial charge in [0.05, 0.1) is 5.41 Å². The van der Waals surface area contributed by atoms with Crippen LogP contribution in [-0.2, 0) is 9.59 Å². The number of nitrogens with zero attached hydrogens (tertiary/aromatic N) is 1. The molecule has 0 bridgehead atoms. The topological polar surface area (TPSA) is 49.4 Å². The largest absolute Gasteiger partial charge is 0.327 e. The maximum Gasteiger partial charge on any atom is 0.248 e. The van der Waals surface area contributed by atoms with Gasteiger partial charge in [-0.1, -0.05) is 18.9 Å². The number of carbonyl (C=O) groups excluding carboxylic acids is 2. The molecule has 118 valence electrons. The summed E-state index contributed by atoms with van der Waals surface area (Å²) in [5.41, 5.74) is -0.0944. The molecule has 2 fully saturated rings. The molecule has 2 aliphatic rings. The van der Waals surface area contributed by atoms with Crippen molar-refractivity contribution >= 4 is 17.5 Å². The van der Waals surface area contributed by atoms with Crippen LogP contribution >= 0.6 is 0 Å². The number of likely N-dealkylation sites (tertiary alicyclic amines) is 1. The van der Waals surface area contributed by atoms with E-state index in [1.807, 2.05) is 13.8 Å². The predicted octanol–water partition coefficient (Wildman–Crippen LogP) is 2.94. The Kier molecular flexibility index (Phi) is 3.67. The van der Waals surface area contributed by atoms with Crippen molar-refractivity contribution < 1.29 is 14.0 Å². The second-order valence-corrected chi connectivity index (χ2v) is 6.57. The molecule has 1 atom stereocenters. The highest BCUT2D eigenvalue weighted by molar-refractivity contribution is 6.07. The van der Waals surface area contributed by atoms with Crippen LogP contribution < -0.4 is 5.32 Å². The van der Waals surface area contributed by atoms with Gasteiger partial charge in [0, 0.05) is 11.7 Å². The highest BCUT2D eigenvalue weighted by Gasteiger charge is 2.64. The zero-order valence-corrected chi connectivity index (χ0v) is 12.9. The number of halogens is 1. The lowest BCUT2D eigenvalue weighted by atomic mass is 9.68. The summed E-state index contributed by atoms with van der Waals surface area (Å²) in [5.74, 6) is -0.501. The van der Waals surface area contributed by atoms with Crippen LogP contribution in [0.4, 0.5) is 10.1 Å². The minimum Gasteiger partial charge on any atom is -0.327 e. The number of benzene rings is 1. The summed E-state index contributed by atoms with van der Waals surface area (Å²) < 4.78 is 13.3. The average molecular weight is 304 g/mol. The first-order valence-corrected chi connectivity index (χ1v) is 7.85. The van der Waals surface area contributed by atoms with Crippen LogP contribution in [0.5, 0.6) is 0 Å². The summed E-state index contributed by atoms with van der Waals surface area (Å²) in [7, 11) is 0. The minimum atomic E-state index is -0.526. The van der Waals surface area contributed by atoms with Crippen LogP contribution in [-0.4, -0.2) is 28.8 Å². The Morgan fingerprint density at radius 2 is 2.05 bits per heavy atom. The molecular weight excluding hydrogens is 283 g/mol. The van der Waals surface area contributed by atoms with E-state index in [2.05, 4.69) is 5.32 Å². The first kappa shape index (κ1) is 15.0. The lowest BCUT2D eigenvalue weighted by Crippen LogP contribution is -2.73. The number of rotatable bonds is 3. The van der Waals surface area contributed by atoms with E-state index >= 15 is 0 Å². The van der Waals surface area contributed by atoms with Crippen molar-refractivity contribution in [1.29, 1.82) is 0 Å². The SMILES string of the molecule is CC(C)N1C(=O)C2(CCCC2)C1C(=O)Nc1cccc(F)c1. The molecule has 5 heteroatoms. The summed E-state index contributed by atoms with van der Waals surface area (Å²) in [4.78, 5) is 26.9. The van der Waals surface area contributed by atoms with Gasteiger partial charge in [0.2, 0.25) is 11.8 Å². The normalized spacial score (nSPS) is 23.0. The lowest BCUT2D eigenvalue weighted by molar-refractivity contribution is -0.179. The van der Waals surface area contributed by atoms with E-state index in [1.54, 1.807) is 17.0 Å². The number of amides is 2. The first-order chi connectivity index (χ1) is 10.5. The second kappa shape index (κ2) is 5.38.